The molecule has 29 heavy (non-hydrogen) atoms. The first-order valence-corrected chi connectivity index (χ1v) is 10.0. The molecule has 0 bridgehead atoms. The molecule has 2 unspecified atom stereocenters. The average molecular weight is 414 g/mol. The van der Waals surface area contributed by atoms with Gasteiger partial charge in [-0.15, -0.1) is 12.4 Å². The third-order valence-corrected chi connectivity index (χ3v) is 6.10. The maximum atomic E-state index is 13.0. The highest BCUT2D eigenvalue weighted by molar-refractivity contribution is 5.97. The molecule has 2 aromatic rings. The minimum absolute atomic E-state index is 0. The van der Waals surface area contributed by atoms with Crippen LogP contribution < -0.4 is 11.1 Å². The Kier molecular flexibility index (Phi) is 6.60. The van der Waals surface area contributed by atoms with Gasteiger partial charge in [0.2, 0.25) is 5.91 Å². The zero-order valence-corrected chi connectivity index (χ0v) is 17.4. The van der Waals surface area contributed by atoms with Crippen molar-refractivity contribution in [3.63, 3.8) is 0 Å². The summed E-state index contributed by atoms with van der Waals surface area (Å²) in [4.78, 5) is 26.9. The van der Waals surface area contributed by atoms with Crippen LogP contribution in [0.4, 0.5) is 5.69 Å². The summed E-state index contributed by atoms with van der Waals surface area (Å²) in [6, 6.07) is 17.5. The lowest BCUT2D eigenvalue weighted by atomic mass is 9.89. The Morgan fingerprint density at radius 3 is 2.31 bits per heavy atom. The van der Waals surface area contributed by atoms with Crippen LogP contribution in [0.25, 0.3) is 0 Å². The zero-order valence-electron chi connectivity index (χ0n) is 16.6. The summed E-state index contributed by atoms with van der Waals surface area (Å²) in [6.07, 6.45) is 0.961. The molecule has 1 aliphatic heterocycles. The molecule has 1 aliphatic carbocycles. The van der Waals surface area contributed by atoms with Gasteiger partial charge in [0.05, 0.1) is 0 Å². The monoisotopic (exact) mass is 413 g/mol. The fraction of sp³-hybridized carbons (Fsp3) is 0.391. The first-order valence-electron chi connectivity index (χ1n) is 10.0. The van der Waals surface area contributed by atoms with Crippen LogP contribution in [0.5, 0.6) is 0 Å². The Morgan fingerprint density at radius 2 is 1.72 bits per heavy atom. The van der Waals surface area contributed by atoms with Crippen molar-refractivity contribution in [1.29, 1.82) is 0 Å². The summed E-state index contributed by atoms with van der Waals surface area (Å²) < 4.78 is 0. The number of likely N-dealkylation sites (tertiary alicyclic amines) is 1. The van der Waals surface area contributed by atoms with Gasteiger partial charge in [-0.2, -0.15) is 0 Å². The van der Waals surface area contributed by atoms with E-state index in [9.17, 15) is 9.59 Å². The van der Waals surface area contributed by atoms with E-state index in [-0.39, 0.29) is 42.0 Å². The van der Waals surface area contributed by atoms with E-state index in [4.69, 9.17) is 5.73 Å². The van der Waals surface area contributed by atoms with Gasteiger partial charge in [-0.1, -0.05) is 37.3 Å². The number of amides is 2. The predicted molar refractivity (Wildman–Crippen MR) is 117 cm³/mol. The molecule has 0 spiro atoms. The Morgan fingerprint density at radius 1 is 1.07 bits per heavy atom. The number of nitrogens with two attached hydrogens (primary N) is 1. The van der Waals surface area contributed by atoms with Gasteiger partial charge >= 0.3 is 0 Å². The lowest BCUT2D eigenvalue weighted by molar-refractivity contribution is -0.117. The normalized spacial score (nSPS) is 25.2. The summed E-state index contributed by atoms with van der Waals surface area (Å²) in [6.45, 7) is 4.00. The molecular formula is C23H28ClN3O2. The molecule has 1 saturated carbocycles. The van der Waals surface area contributed by atoms with Crippen LogP contribution in [-0.2, 0) is 4.79 Å². The summed E-state index contributed by atoms with van der Waals surface area (Å²) in [5.41, 5.74) is 8.61. The number of nitrogens with zero attached hydrogens (tertiary/aromatic N) is 1. The third-order valence-electron chi connectivity index (χ3n) is 6.10. The number of benzene rings is 2. The van der Waals surface area contributed by atoms with E-state index in [2.05, 4.69) is 24.4 Å². The van der Waals surface area contributed by atoms with E-state index in [1.807, 2.05) is 35.2 Å². The van der Waals surface area contributed by atoms with Crippen LogP contribution in [0.2, 0.25) is 0 Å². The summed E-state index contributed by atoms with van der Waals surface area (Å²) >= 11 is 0. The standard InChI is InChI=1S/C23H27N3O2.ClH/c1-15-11-20(15)22(27)25-19-9-7-17(8-10-19)23(28)26-13-18(12-24)21(14-26)16-5-3-2-4-6-16;/h2-10,15,18,20-21H,11-14,24H2,1H3,(H,25,27);1H/t15?,18-,20?,21+;/m1./s1. The first-order chi connectivity index (χ1) is 13.6. The van der Waals surface area contributed by atoms with Crippen molar-refractivity contribution in [3.8, 4) is 0 Å². The summed E-state index contributed by atoms with van der Waals surface area (Å²) in [5, 5.41) is 2.93. The fourth-order valence-electron chi connectivity index (χ4n) is 4.15. The van der Waals surface area contributed by atoms with Crippen molar-refractivity contribution in [2.75, 3.05) is 25.0 Å². The van der Waals surface area contributed by atoms with Crippen molar-refractivity contribution in [2.45, 2.75) is 19.3 Å². The second-order valence-corrected chi connectivity index (χ2v) is 8.11. The first kappa shape index (κ1) is 21.3. The Labute approximate surface area is 178 Å². The number of hydrogen-bond donors (Lipinski definition) is 2. The van der Waals surface area contributed by atoms with Crippen molar-refractivity contribution in [3.05, 3.63) is 65.7 Å². The Bertz CT molecular complexity index is 856. The molecule has 0 radical (unpaired) electrons. The highest BCUT2D eigenvalue weighted by atomic mass is 35.5. The second kappa shape index (κ2) is 8.97. The molecule has 4 atom stereocenters. The van der Waals surface area contributed by atoms with Crippen molar-refractivity contribution < 1.29 is 9.59 Å². The van der Waals surface area contributed by atoms with Crippen molar-refractivity contribution in [1.82, 2.24) is 4.90 Å². The van der Waals surface area contributed by atoms with Gasteiger partial charge in [-0.3, -0.25) is 9.59 Å². The van der Waals surface area contributed by atoms with Gasteiger partial charge in [0.1, 0.15) is 0 Å². The molecule has 1 saturated heterocycles. The van der Waals surface area contributed by atoms with E-state index in [1.165, 1.54) is 5.56 Å². The average Bonchev–Trinajstić information content (AvgIpc) is 3.30. The molecule has 2 aromatic carbocycles. The number of nitrogens with one attached hydrogen (secondary N) is 1. The largest absolute Gasteiger partial charge is 0.338 e. The smallest absolute Gasteiger partial charge is 0.253 e. The van der Waals surface area contributed by atoms with Crippen LogP contribution in [0.3, 0.4) is 0 Å². The quantitative estimate of drug-likeness (QED) is 0.787. The number of halogens is 1. The third kappa shape index (κ3) is 4.62. The maximum absolute atomic E-state index is 13.0. The molecule has 2 aliphatic rings. The van der Waals surface area contributed by atoms with Crippen LogP contribution in [0, 0.1) is 17.8 Å². The summed E-state index contributed by atoms with van der Waals surface area (Å²) in [7, 11) is 0. The SMILES string of the molecule is CC1CC1C(=O)Nc1ccc(C(=O)N2C[C@@H](CN)[C@H](c3ccccc3)C2)cc1.Cl. The van der Waals surface area contributed by atoms with Crippen LogP contribution >= 0.6 is 12.4 Å². The van der Waals surface area contributed by atoms with Crippen molar-refractivity contribution in [2.24, 2.45) is 23.5 Å². The van der Waals surface area contributed by atoms with E-state index in [0.29, 0.717) is 31.1 Å². The van der Waals surface area contributed by atoms with E-state index in [0.717, 1.165) is 12.1 Å². The van der Waals surface area contributed by atoms with Gasteiger partial charge in [0.15, 0.2) is 0 Å². The maximum Gasteiger partial charge on any atom is 0.253 e. The minimum Gasteiger partial charge on any atom is -0.338 e. The molecule has 5 nitrogen and oxygen atoms in total. The number of rotatable bonds is 5. The number of anilines is 1. The number of hydrogen-bond acceptors (Lipinski definition) is 3. The van der Waals surface area contributed by atoms with Gasteiger partial charge in [0.25, 0.3) is 5.91 Å². The lowest BCUT2D eigenvalue weighted by Gasteiger charge is -2.17. The summed E-state index contributed by atoms with van der Waals surface area (Å²) in [5.74, 6) is 1.24. The molecular weight excluding hydrogens is 386 g/mol. The van der Waals surface area contributed by atoms with Crippen LogP contribution in [0.15, 0.2) is 54.6 Å². The predicted octanol–water partition coefficient (Wildman–Crippen LogP) is 3.52. The Balaban J connectivity index is 0.00000240. The molecule has 0 aromatic heterocycles. The molecule has 3 N–H and O–H groups in total. The van der Waals surface area contributed by atoms with Gasteiger partial charge in [-0.25, -0.2) is 0 Å². The molecule has 6 heteroatoms. The number of carbonyl (C=O) groups is 2. The van der Waals surface area contributed by atoms with E-state index >= 15 is 0 Å². The van der Waals surface area contributed by atoms with Gasteiger partial charge in [0, 0.05) is 36.2 Å². The van der Waals surface area contributed by atoms with Gasteiger partial charge in [-0.05, 0) is 54.6 Å². The van der Waals surface area contributed by atoms with Crippen LogP contribution in [0.1, 0.15) is 35.2 Å². The Hall–Kier alpha value is -2.37. The number of carbonyl (C=O) groups excluding carboxylic acids is 2. The highest BCUT2D eigenvalue weighted by Gasteiger charge is 2.39. The van der Waals surface area contributed by atoms with Crippen molar-refractivity contribution >= 4 is 29.9 Å². The molecule has 4 rings (SSSR count). The zero-order chi connectivity index (χ0) is 19.7. The molecule has 1 heterocycles. The van der Waals surface area contributed by atoms with Gasteiger partial charge < -0.3 is 16.0 Å². The van der Waals surface area contributed by atoms with Crippen LogP contribution in [-0.4, -0.2) is 36.3 Å². The van der Waals surface area contributed by atoms with E-state index in [1.54, 1.807) is 12.1 Å². The lowest BCUT2D eigenvalue weighted by Crippen LogP contribution is -2.29. The fourth-order valence-corrected chi connectivity index (χ4v) is 4.15. The van der Waals surface area contributed by atoms with E-state index < -0.39 is 0 Å². The molecule has 154 valence electrons. The topological polar surface area (TPSA) is 75.4 Å². The molecule has 2 amide bonds. The molecule has 2 fully saturated rings. The minimum atomic E-state index is 0. The second-order valence-electron chi connectivity index (χ2n) is 8.11. The highest BCUT2D eigenvalue weighted by Crippen LogP contribution is 2.38.